The quantitative estimate of drug-likeness (QED) is 0.110. The number of benzene rings is 6. The molecule has 0 spiro atoms. The molecular formula is C42H42N4. The van der Waals surface area contributed by atoms with Crippen molar-refractivity contribution < 1.29 is 0 Å². The second-order valence-corrected chi connectivity index (χ2v) is 11.6. The zero-order chi connectivity index (χ0) is 31.2. The van der Waals surface area contributed by atoms with Gasteiger partial charge in [0.15, 0.2) is 0 Å². The standard InChI is InChI=1S/C42H42N4/c1-4-10-34(11-5-1)28-43-31-37-16-22-40(23-17-37)46(41-24-18-38(19-25-41)32-44-29-35-12-6-2-7-13-35)42-26-20-39(21-27-42)33-45-30-36-14-8-3-9-15-36/h1-27,43-45H,28-33H2. The molecule has 0 heterocycles. The monoisotopic (exact) mass is 602 g/mol. The molecule has 0 atom stereocenters. The maximum Gasteiger partial charge on any atom is 0.0461 e. The van der Waals surface area contributed by atoms with Crippen molar-refractivity contribution in [3.8, 4) is 0 Å². The SMILES string of the molecule is c1ccc(CNCc2ccc(N(c3ccc(CNCc4ccccc4)cc3)c3ccc(CNCc4ccccc4)cc3)cc2)cc1. The molecule has 4 nitrogen and oxygen atoms in total. The van der Waals surface area contributed by atoms with E-state index in [1.165, 1.54) is 33.4 Å². The van der Waals surface area contributed by atoms with Gasteiger partial charge in [0.05, 0.1) is 0 Å². The van der Waals surface area contributed by atoms with Crippen LogP contribution in [0.25, 0.3) is 0 Å². The number of rotatable bonds is 15. The summed E-state index contributed by atoms with van der Waals surface area (Å²) < 4.78 is 0. The van der Waals surface area contributed by atoms with E-state index in [0.29, 0.717) is 0 Å². The van der Waals surface area contributed by atoms with Crippen molar-refractivity contribution in [3.63, 3.8) is 0 Å². The van der Waals surface area contributed by atoms with E-state index in [9.17, 15) is 0 Å². The predicted octanol–water partition coefficient (Wildman–Crippen LogP) is 9.03. The molecule has 46 heavy (non-hydrogen) atoms. The molecule has 0 amide bonds. The summed E-state index contributed by atoms with van der Waals surface area (Å²) in [6, 6.07) is 58.3. The van der Waals surface area contributed by atoms with Crippen molar-refractivity contribution in [2.75, 3.05) is 4.90 Å². The van der Waals surface area contributed by atoms with Gasteiger partial charge in [-0.2, -0.15) is 0 Å². The van der Waals surface area contributed by atoms with Crippen LogP contribution in [0.1, 0.15) is 33.4 Å². The minimum atomic E-state index is 0.824. The molecule has 0 aromatic heterocycles. The molecule has 0 fully saturated rings. The number of anilines is 3. The Hall–Kier alpha value is -5.00. The molecular weight excluding hydrogens is 560 g/mol. The van der Waals surface area contributed by atoms with Gasteiger partial charge in [0, 0.05) is 56.3 Å². The van der Waals surface area contributed by atoms with Crippen molar-refractivity contribution in [3.05, 3.63) is 197 Å². The Bertz CT molecular complexity index is 1510. The normalized spacial score (nSPS) is 11.0. The Kier molecular flexibility index (Phi) is 11.0. The topological polar surface area (TPSA) is 39.3 Å². The van der Waals surface area contributed by atoms with Gasteiger partial charge in [0.25, 0.3) is 0 Å². The lowest BCUT2D eigenvalue weighted by molar-refractivity contribution is 0.693. The van der Waals surface area contributed by atoms with Gasteiger partial charge >= 0.3 is 0 Å². The first-order valence-electron chi connectivity index (χ1n) is 16.1. The van der Waals surface area contributed by atoms with E-state index in [1.54, 1.807) is 0 Å². The van der Waals surface area contributed by atoms with E-state index in [1.807, 2.05) is 0 Å². The molecule has 0 aliphatic carbocycles. The molecule has 6 aromatic rings. The predicted molar refractivity (Wildman–Crippen MR) is 192 cm³/mol. The van der Waals surface area contributed by atoms with Crippen molar-refractivity contribution in [1.29, 1.82) is 0 Å². The third kappa shape index (κ3) is 9.02. The molecule has 6 rings (SSSR count). The highest BCUT2D eigenvalue weighted by Gasteiger charge is 2.13. The number of hydrogen-bond donors (Lipinski definition) is 3. The van der Waals surface area contributed by atoms with Crippen LogP contribution in [0, 0.1) is 0 Å². The van der Waals surface area contributed by atoms with Gasteiger partial charge in [-0.05, 0) is 69.8 Å². The lowest BCUT2D eigenvalue weighted by Crippen LogP contribution is -2.14. The highest BCUT2D eigenvalue weighted by Crippen LogP contribution is 2.35. The molecule has 230 valence electrons. The van der Waals surface area contributed by atoms with Gasteiger partial charge in [-0.1, -0.05) is 127 Å². The van der Waals surface area contributed by atoms with Crippen LogP contribution in [0.5, 0.6) is 0 Å². The first kappa shape index (κ1) is 31.0. The van der Waals surface area contributed by atoms with Crippen LogP contribution in [0.4, 0.5) is 17.1 Å². The number of hydrogen-bond acceptors (Lipinski definition) is 4. The highest BCUT2D eigenvalue weighted by atomic mass is 15.1. The molecule has 0 bridgehead atoms. The molecule has 0 aliphatic heterocycles. The second kappa shape index (κ2) is 16.4. The lowest BCUT2D eigenvalue weighted by atomic mass is 10.1. The molecule has 0 unspecified atom stereocenters. The fourth-order valence-electron chi connectivity index (χ4n) is 5.58. The van der Waals surface area contributed by atoms with Crippen LogP contribution in [-0.4, -0.2) is 0 Å². The lowest BCUT2D eigenvalue weighted by Gasteiger charge is -2.26. The van der Waals surface area contributed by atoms with Crippen molar-refractivity contribution in [2.45, 2.75) is 39.3 Å². The highest BCUT2D eigenvalue weighted by molar-refractivity contribution is 5.76. The minimum absolute atomic E-state index is 0.824. The molecule has 0 saturated heterocycles. The Balaban J connectivity index is 1.14. The Labute approximate surface area is 273 Å². The van der Waals surface area contributed by atoms with E-state index < -0.39 is 0 Å². The number of nitrogens with one attached hydrogen (secondary N) is 3. The molecule has 3 N–H and O–H groups in total. The van der Waals surface area contributed by atoms with Crippen LogP contribution in [0.3, 0.4) is 0 Å². The van der Waals surface area contributed by atoms with Crippen LogP contribution in [-0.2, 0) is 39.3 Å². The number of nitrogens with zero attached hydrogens (tertiary/aromatic N) is 1. The van der Waals surface area contributed by atoms with Gasteiger partial charge in [-0.3, -0.25) is 0 Å². The summed E-state index contributed by atoms with van der Waals surface area (Å²) in [4.78, 5) is 2.34. The summed E-state index contributed by atoms with van der Waals surface area (Å²) in [6.07, 6.45) is 0. The summed E-state index contributed by atoms with van der Waals surface area (Å²) in [6.45, 7) is 5.04. The molecule has 4 heteroatoms. The van der Waals surface area contributed by atoms with Crippen LogP contribution >= 0.6 is 0 Å². The first-order chi connectivity index (χ1) is 22.8. The maximum atomic E-state index is 3.57. The van der Waals surface area contributed by atoms with Gasteiger partial charge in [-0.25, -0.2) is 0 Å². The Morgan fingerprint density at radius 2 is 0.478 bits per heavy atom. The van der Waals surface area contributed by atoms with Crippen LogP contribution in [0.2, 0.25) is 0 Å². The average molecular weight is 603 g/mol. The zero-order valence-corrected chi connectivity index (χ0v) is 26.3. The van der Waals surface area contributed by atoms with Crippen molar-refractivity contribution >= 4 is 17.1 Å². The maximum absolute atomic E-state index is 3.57. The van der Waals surface area contributed by atoms with Gasteiger partial charge in [0.1, 0.15) is 0 Å². The zero-order valence-electron chi connectivity index (χ0n) is 26.3. The first-order valence-corrected chi connectivity index (χ1v) is 16.1. The van der Waals surface area contributed by atoms with E-state index in [2.05, 4.69) is 185 Å². The van der Waals surface area contributed by atoms with E-state index in [4.69, 9.17) is 0 Å². The molecule has 0 saturated carbocycles. The van der Waals surface area contributed by atoms with Crippen LogP contribution in [0.15, 0.2) is 164 Å². The molecule has 0 radical (unpaired) electrons. The molecule has 0 aliphatic rings. The summed E-state index contributed by atoms with van der Waals surface area (Å²) in [7, 11) is 0. The Morgan fingerprint density at radius 1 is 0.261 bits per heavy atom. The summed E-state index contributed by atoms with van der Waals surface area (Å²) >= 11 is 0. The van der Waals surface area contributed by atoms with Crippen molar-refractivity contribution in [2.24, 2.45) is 0 Å². The van der Waals surface area contributed by atoms with E-state index >= 15 is 0 Å². The van der Waals surface area contributed by atoms with Crippen LogP contribution < -0.4 is 20.9 Å². The van der Waals surface area contributed by atoms with Crippen molar-refractivity contribution in [1.82, 2.24) is 16.0 Å². The van der Waals surface area contributed by atoms with E-state index in [-0.39, 0.29) is 0 Å². The Morgan fingerprint density at radius 3 is 0.717 bits per heavy atom. The summed E-state index contributed by atoms with van der Waals surface area (Å²) in [5.74, 6) is 0. The summed E-state index contributed by atoms with van der Waals surface area (Å²) in [5, 5.41) is 10.7. The van der Waals surface area contributed by atoms with Gasteiger partial charge in [-0.15, -0.1) is 0 Å². The third-order valence-corrected chi connectivity index (χ3v) is 8.09. The summed E-state index contributed by atoms with van der Waals surface area (Å²) in [5.41, 5.74) is 11.1. The minimum Gasteiger partial charge on any atom is -0.311 e. The fraction of sp³-hybridized carbons (Fsp3) is 0.143. The van der Waals surface area contributed by atoms with Gasteiger partial charge in [0.2, 0.25) is 0 Å². The molecule has 6 aromatic carbocycles. The second-order valence-electron chi connectivity index (χ2n) is 11.6. The third-order valence-electron chi connectivity index (χ3n) is 8.09. The van der Waals surface area contributed by atoms with E-state index in [0.717, 1.165) is 56.3 Å². The largest absolute Gasteiger partial charge is 0.311 e. The van der Waals surface area contributed by atoms with Gasteiger partial charge < -0.3 is 20.9 Å². The fourth-order valence-corrected chi connectivity index (χ4v) is 5.58. The smallest absolute Gasteiger partial charge is 0.0461 e. The average Bonchev–Trinajstić information content (AvgIpc) is 3.12.